The smallest absolute Gasteiger partial charge is 0.0803 e. The van der Waals surface area contributed by atoms with Crippen LogP contribution in [0.2, 0.25) is 0 Å². The minimum Gasteiger partial charge on any atom is -0.385 e. The second kappa shape index (κ2) is 12.5. The van der Waals surface area contributed by atoms with E-state index in [9.17, 15) is 0 Å². The highest BCUT2D eigenvalue weighted by molar-refractivity contribution is 4.44. The van der Waals surface area contributed by atoms with Gasteiger partial charge < -0.3 is 14.9 Å². The number of ether oxygens (including phenoxy) is 1. The Morgan fingerprint density at radius 1 is 1.27 bits per heavy atom. The third-order valence-corrected chi connectivity index (χ3v) is 1.10. The molecule has 0 bridgehead atoms. The molecule has 0 aromatic heterocycles. The van der Waals surface area contributed by atoms with E-state index in [1.807, 2.05) is 0 Å². The molecule has 0 atom stereocenters. The molecule has 0 unspecified atom stereocenters. The van der Waals surface area contributed by atoms with Crippen molar-refractivity contribution in [3.05, 3.63) is 0 Å². The molecule has 4 heteroatoms. The third kappa shape index (κ3) is 12.9. The van der Waals surface area contributed by atoms with E-state index in [1.165, 1.54) is 0 Å². The Morgan fingerprint density at radius 3 is 2.55 bits per heavy atom. The van der Waals surface area contributed by atoms with Crippen LogP contribution in [-0.2, 0) is 9.57 Å². The predicted molar refractivity (Wildman–Crippen MR) is 46.2 cm³/mol. The van der Waals surface area contributed by atoms with Crippen molar-refractivity contribution in [1.29, 1.82) is 0 Å². The van der Waals surface area contributed by atoms with Crippen molar-refractivity contribution in [2.24, 2.45) is 5.90 Å². The van der Waals surface area contributed by atoms with Crippen molar-refractivity contribution in [2.75, 3.05) is 33.4 Å². The molecule has 0 radical (unpaired) electrons. The van der Waals surface area contributed by atoms with Gasteiger partial charge in [0.1, 0.15) is 0 Å². The Morgan fingerprint density at radius 2 is 2.00 bits per heavy atom. The number of nitrogens with one attached hydrogen (secondary N) is 1. The Balaban J connectivity index is 0. The zero-order valence-corrected chi connectivity index (χ0v) is 6.43. The highest BCUT2D eigenvalue weighted by atomic mass is 16.6. The maximum absolute atomic E-state index is 4.85. The van der Waals surface area contributed by atoms with Gasteiger partial charge in [0, 0.05) is 20.3 Å². The van der Waals surface area contributed by atoms with Gasteiger partial charge in [0.25, 0.3) is 0 Å². The maximum atomic E-state index is 4.85. The normalized spacial score (nSPS) is 9.27. The monoisotopic (exact) mass is 164 g/mol. The molecule has 0 aromatic rings. The molecule has 11 heavy (non-hydrogen) atoms. The second-order valence-electron chi connectivity index (χ2n) is 1.97. The van der Waals surface area contributed by atoms with Crippen molar-refractivity contribution in [1.82, 2.24) is 5.32 Å². The van der Waals surface area contributed by atoms with Crippen LogP contribution in [0.25, 0.3) is 0 Å². The molecule has 0 aliphatic heterocycles. The topological polar surface area (TPSA) is 56.5 Å². The Hall–Kier alpha value is -0.160. The standard InChI is InChI=1S/C6H16N2O2.CH4/c1-9-5-2-3-8-4-6-10-7;/h8H,2-7H2,1H3;1H4. The van der Waals surface area contributed by atoms with Crippen LogP contribution in [-0.4, -0.2) is 33.4 Å². The number of methoxy groups -OCH3 is 1. The summed E-state index contributed by atoms with van der Waals surface area (Å²) in [7, 11) is 1.70. The van der Waals surface area contributed by atoms with Crippen molar-refractivity contribution in [2.45, 2.75) is 13.8 Å². The van der Waals surface area contributed by atoms with Crippen LogP contribution >= 0.6 is 0 Å². The van der Waals surface area contributed by atoms with Crippen LogP contribution < -0.4 is 11.2 Å². The highest BCUT2D eigenvalue weighted by Gasteiger charge is 1.85. The Kier molecular flexibility index (Phi) is 15.3. The second-order valence-corrected chi connectivity index (χ2v) is 1.97. The molecule has 0 spiro atoms. The fourth-order valence-electron chi connectivity index (χ4n) is 0.598. The lowest BCUT2D eigenvalue weighted by atomic mass is 10.4. The van der Waals surface area contributed by atoms with Gasteiger partial charge in [0.05, 0.1) is 6.61 Å². The average molecular weight is 164 g/mol. The molecule has 0 saturated carbocycles. The highest BCUT2D eigenvalue weighted by Crippen LogP contribution is 1.75. The van der Waals surface area contributed by atoms with Crippen molar-refractivity contribution >= 4 is 0 Å². The summed E-state index contributed by atoms with van der Waals surface area (Å²) in [6, 6.07) is 0. The lowest BCUT2D eigenvalue weighted by molar-refractivity contribution is 0.138. The van der Waals surface area contributed by atoms with E-state index in [4.69, 9.17) is 10.6 Å². The summed E-state index contributed by atoms with van der Waals surface area (Å²) in [5.74, 6) is 4.80. The summed E-state index contributed by atoms with van der Waals surface area (Å²) in [5, 5.41) is 3.14. The molecule has 4 nitrogen and oxygen atoms in total. The summed E-state index contributed by atoms with van der Waals surface area (Å²) in [4.78, 5) is 4.35. The van der Waals surface area contributed by atoms with Gasteiger partial charge in [-0.3, -0.25) is 0 Å². The van der Waals surface area contributed by atoms with Crippen LogP contribution in [0.1, 0.15) is 13.8 Å². The van der Waals surface area contributed by atoms with Gasteiger partial charge in [-0.1, -0.05) is 7.43 Å². The van der Waals surface area contributed by atoms with Crippen molar-refractivity contribution < 1.29 is 9.57 Å². The Labute approximate surface area is 69.0 Å². The quantitative estimate of drug-likeness (QED) is 0.415. The van der Waals surface area contributed by atoms with E-state index in [1.54, 1.807) is 7.11 Å². The van der Waals surface area contributed by atoms with Gasteiger partial charge in [-0.05, 0) is 13.0 Å². The van der Waals surface area contributed by atoms with Crippen LogP contribution in [0.3, 0.4) is 0 Å². The lowest BCUT2D eigenvalue weighted by Crippen LogP contribution is -2.22. The van der Waals surface area contributed by atoms with Gasteiger partial charge in [-0.25, -0.2) is 5.90 Å². The molecule has 0 heterocycles. The molecular formula is C7H20N2O2. The van der Waals surface area contributed by atoms with Crippen LogP contribution in [0.15, 0.2) is 0 Å². The zero-order chi connectivity index (χ0) is 7.66. The lowest BCUT2D eigenvalue weighted by Gasteiger charge is -2.01. The molecule has 70 valence electrons. The molecule has 0 aliphatic rings. The van der Waals surface area contributed by atoms with Gasteiger partial charge in [-0.2, -0.15) is 0 Å². The predicted octanol–water partition coefficient (Wildman–Crippen LogP) is 0.139. The summed E-state index contributed by atoms with van der Waals surface area (Å²) in [5.41, 5.74) is 0. The van der Waals surface area contributed by atoms with Crippen molar-refractivity contribution in [3.8, 4) is 0 Å². The number of hydrogen-bond donors (Lipinski definition) is 2. The van der Waals surface area contributed by atoms with Crippen LogP contribution in [0.5, 0.6) is 0 Å². The first-order valence-corrected chi connectivity index (χ1v) is 3.43. The average Bonchev–Trinajstić information content (AvgIpc) is 1.97. The molecule has 0 saturated heterocycles. The van der Waals surface area contributed by atoms with Crippen LogP contribution in [0, 0.1) is 0 Å². The van der Waals surface area contributed by atoms with E-state index < -0.39 is 0 Å². The largest absolute Gasteiger partial charge is 0.385 e. The minimum absolute atomic E-state index is 0. The van der Waals surface area contributed by atoms with Crippen LogP contribution in [0.4, 0.5) is 0 Å². The van der Waals surface area contributed by atoms with E-state index in [0.717, 1.165) is 26.1 Å². The fraction of sp³-hybridized carbons (Fsp3) is 1.00. The molecule has 3 N–H and O–H groups in total. The first-order chi connectivity index (χ1) is 4.91. The summed E-state index contributed by atoms with van der Waals surface area (Å²) >= 11 is 0. The molecular weight excluding hydrogens is 144 g/mol. The first-order valence-electron chi connectivity index (χ1n) is 3.43. The third-order valence-electron chi connectivity index (χ3n) is 1.10. The summed E-state index contributed by atoms with van der Waals surface area (Å²) < 4.78 is 4.85. The van der Waals surface area contributed by atoms with Gasteiger partial charge in [0.2, 0.25) is 0 Å². The van der Waals surface area contributed by atoms with E-state index >= 15 is 0 Å². The van der Waals surface area contributed by atoms with Gasteiger partial charge in [-0.15, -0.1) is 0 Å². The first kappa shape index (κ1) is 13.4. The SMILES string of the molecule is C.COCCCNCCON. The summed E-state index contributed by atoms with van der Waals surface area (Å²) in [6.45, 7) is 3.13. The molecule has 0 amide bonds. The number of hydrogen-bond acceptors (Lipinski definition) is 4. The maximum Gasteiger partial charge on any atom is 0.0803 e. The van der Waals surface area contributed by atoms with Gasteiger partial charge in [0.15, 0.2) is 0 Å². The van der Waals surface area contributed by atoms with Gasteiger partial charge >= 0.3 is 0 Å². The molecule has 0 aliphatic carbocycles. The molecule has 0 aromatic carbocycles. The molecule has 0 rings (SSSR count). The van der Waals surface area contributed by atoms with E-state index in [-0.39, 0.29) is 7.43 Å². The zero-order valence-electron chi connectivity index (χ0n) is 6.43. The minimum atomic E-state index is 0. The van der Waals surface area contributed by atoms with E-state index in [0.29, 0.717) is 6.61 Å². The van der Waals surface area contributed by atoms with E-state index in [2.05, 4.69) is 10.2 Å². The number of rotatable bonds is 7. The number of nitrogens with two attached hydrogens (primary N) is 1. The summed E-state index contributed by atoms with van der Waals surface area (Å²) in [6.07, 6.45) is 1.03. The fourth-order valence-corrected chi connectivity index (χ4v) is 0.598. The Bertz CT molecular complexity index is 54.4. The molecule has 0 fully saturated rings. The van der Waals surface area contributed by atoms with Crippen molar-refractivity contribution in [3.63, 3.8) is 0 Å².